The molecule has 10 rings (SSSR count). The first kappa shape index (κ1) is 70.0. The topological polar surface area (TPSA) is 298 Å². The van der Waals surface area contributed by atoms with Gasteiger partial charge in [-0.15, -0.1) is 0 Å². The van der Waals surface area contributed by atoms with E-state index < -0.39 is 55.8 Å². The molecule has 0 aliphatic carbocycles. The third-order valence-electron chi connectivity index (χ3n) is 16.2. The SMILES string of the molecule is Cc1ccc(S(=O)(=O)NC(=O)Cc2c(C(C)C)nn(CC(=O)N[C@@H](Cc3ccccc3)C(=O)N(C)c3ccc4c(c3)OCO4)c2C)cc1.Cc1ccc(S(=O)(=O)NC(=O)Cc2c(C)nn(CC(=O)N[C@@H](Cc3ccccc3)C(=O)N(C)c3ccc4c(c3)OCO4)c2C(C)C)cc1. The maximum atomic E-state index is 13.8. The minimum absolute atomic E-state index is 0.0154. The number of aromatic nitrogens is 4. The van der Waals surface area contributed by atoms with Gasteiger partial charge < -0.3 is 39.4 Å². The summed E-state index contributed by atoms with van der Waals surface area (Å²) < 4.78 is 80.3. The Balaban J connectivity index is 0.000000225. The van der Waals surface area contributed by atoms with Gasteiger partial charge in [-0.3, -0.25) is 38.1 Å². The van der Waals surface area contributed by atoms with Crippen LogP contribution in [0.5, 0.6) is 23.0 Å². The Kier molecular flexibility index (Phi) is 22.1. The summed E-state index contributed by atoms with van der Waals surface area (Å²) in [5, 5.41) is 15.0. The smallest absolute Gasteiger partial charge is 0.264 e. The number of nitrogens with zero attached hydrogens (tertiary/aromatic N) is 6. The second kappa shape index (κ2) is 30.4. The molecule has 0 fully saturated rings. The molecule has 2 aromatic heterocycles. The zero-order valence-electron chi connectivity index (χ0n) is 55.0. The quantitative estimate of drug-likeness (QED) is 0.0453. The third-order valence-corrected chi connectivity index (χ3v) is 18.9. The summed E-state index contributed by atoms with van der Waals surface area (Å²) in [6.07, 6.45) is -0.00409. The molecule has 4 N–H and O–H groups in total. The molecule has 0 saturated heterocycles. The summed E-state index contributed by atoms with van der Waals surface area (Å²) in [7, 11) is -4.88. The number of sulfonamides is 2. The van der Waals surface area contributed by atoms with Crippen LogP contribution < -0.4 is 48.8 Å². The van der Waals surface area contributed by atoms with Gasteiger partial charge in [0.1, 0.15) is 25.2 Å². The molecule has 0 bridgehead atoms. The van der Waals surface area contributed by atoms with Gasteiger partial charge in [0.25, 0.3) is 20.0 Å². The van der Waals surface area contributed by atoms with Crippen molar-refractivity contribution in [2.45, 2.75) is 128 Å². The highest BCUT2D eigenvalue weighted by molar-refractivity contribution is 7.90. The van der Waals surface area contributed by atoms with Crippen LogP contribution >= 0.6 is 0 Å². The third kappa shape index (κ3) is 17.3. The molecular formula is C70H78N10O14S2. The molecule has 4 heterocycles. The van der Waals surface area contributed by atoms with Gasteiger partial charge in [-0.25, -0.2) is 26.3 Å². The molecule has 6 aromatic carbocycles. The molecule has 2 aliphatic rings. The van der Waals surface area contributed by atoms with E-state index in [0.717, 1.165) is 22.3 Å². The number of hydrogen-bond donors (Lipinski definition) is 4. The van der Waals surface area contributed by atoms with Crippen molar-refractivity contribution in [1.82, 2.24) is 39.6 Å². The van der Waals surface area contributed by atoms with Crippen molar-refractivity contribution in [2.24, 2.45) is 0 Å². The standard InChI is InChI=1S/2C35H39N5O7S/c1-22(2)34-28(19-32(41)38-48(44,45)27-14-11-23(3)12-15-27)24(4)40(37-34)20-33(42)36-29(17-25-9-7-6-8-10-25)35(43)39(5)26-13-16-30-31(18-26)47-21-46-30;1-22(2)34-28(19-32(41)38-48(44,45)27-14-11-23(3)12-15-27)24(4)37-40(34)20-33(42)36-29(17-25-9-7-6-8-10-25)35(43)39(5)26-13-16-30-31(18-26)47-21-46-30/h2*6-16,18,22,29H,17,19-21H2,1-5H3,(H,36,42)(H,38,41)/t2*29-/m00/s1. The van der Waals surface area contributed by atoms with Crippen LogP contribution in [0.15, 0.2) is 155 Å². The van der Waals surface area contributed by atoms with Crippen molar-refractivity contribution in [3.05, 3.63) is 202 Å². The molecule has 96 heavy (non-hydrogen) atoms. The molecule has 2 aliphatic heterocycles. The number of carbonyl (C=O) groups is 6. The van der Waals surface area contributed by atoms with E-state index in [0.29, 0.717) is 68.3 Å². The first-order valence-corrected chi connectivity index (χ1v) is 34.0. The van der Waals surface area contributed by atoms with E-state index >= 15 is 0 Å². The van der Waals surface area contributed by atoms with Gasteiger partial charge in [-0.1, -0.05) is 124 Å². The van der Waals surface area contributed by atoms with E-state index in [4.69, 9.17) is 18.9 Å². The number of carbonyl (C=O) groups excluding carboxylic acids is 6. The Morgan fingerprint density at radius 3 is 1.31 bits per heavy atom. The first-order chi connectivity index (χ1) is 45.6. The van der Waals surface area contributed by atoms with E-state index in [1.165, 1.54) is 43.4 Å². The Morgan fingerprint density at radius 2 is 0.896 bits per heavy atom. The van der Waals surface area contributed by atoms with Crippen molar-refractivity contribution in [3.8, 4) is 23.0 Å². The fourth-order valence-electron chi connectivity index (χ4n) is 11.1. The monoisotopic (exact) mass is 1350 g/mol. The molecule has 0 radical (unpaired) electrons. The van der Waals surface area contributed by atoms with Gasteiger partial charge in [-0.05, 0) is 99.2 Å². The number of likely N-dealkylation sites (N-methyl/N-ethyl adjacent to an activating group) is 2. The fraction of sp³-hybridized carbons (Fsp3) is 0.314. The highest BCUT2D eigenvalue weighted by Gasteiger charge is 2.32. The van der Waals surface area contributed by atoms with Crippen molar-refractivity contribution in [1.29, 1.82) is 0 Å². The summed E-state index contributed by atoms with van der Waals surface area (Å²) in [6.45, 7) is 14.5. The summed E-state index contributed by atoms with van der Waals surface area (Å²) in [5.41, 5.74) is 7.96. The Bertz CT molecular complexity index is 4320. The average Bonchev–Trinajstić information content (AvgIpc) is 1.66. The highest BCUT2D eigenvalue weighted by Crippen LogP contribution is 2.37. The number of amides is 6. The van der Waals surface area contributed by atoms with Crippen molar-refractivity contribution in [3.63, 3.8) is 0 Å². The van der Waals surface area contributed by atoms with Crippen LogP contribution in [0.4, 0.5) is 11.4 Å². The molecule has 6 amide bonds. The number of ether oxygens (including phenoxy) is 4. The molecule has 8 aromatic rings. The van der Waals surface area contributed by atoms with E-state index in [9.17, 15) is 45.6 Å². The number of nitrogens with one attached hydrogen (secondary N) is 4. The lowest BCUT2D eigenvalue weighted by Gasteiger charge is -2.25. The highest BCUT2D eigenvalue weighted by atomic mass is 32.2. The van der Waals surface area contributed by atoms with Crippen LogP contribution in [-0.2, 0) is 87.6 Å². The van der Waals surface area contributed by atoms with E-state index in [2.05, 4.69) is 30.3 Å². The Hall–Kier alpha value is -10.3. The largest absolute Gasteiger partial charge is 0.454 e. The second-order valence-electron chi connectivity index (χ2n) is 24.0. The van der Waals surface area contributed by atoms with Crippen LogP contribution in [0.1, 0.15) is 95.7 Å². The van der Waals surface area contributed by atoms with Gasteiger partial charge in [-0.2, -0.15) is 10.2 Å². The average molecular weight is 1350 g/mol. The zero-order valence-corrected chi connectivity index (χ0v) is 56.7. The van der Waals surface area contributed by atoms with E-state index in [1.807, 2.05) is 102 Å². The van der Waals surface area contributed by atoms with E-state index in [1.54, 1.807) is 88.6 Å². The number of hydrogen-bond acceptors (Lipinski definition) is 16. The minimum atomic E-state index is -4.07. The van der Waals surface area contributed by atoms with Gasteiger partial charge in [0.05, 0.1) is 34.0 Å². The van der Waals surface area contributed by atoms with Gasteiger partial charge in [0.15, 0.2) is 23.0 Å². The normalized spacial score (nSPS) is 12.9. The van der Waals surface area contributed by atoms with Crippen molar-refractivity contribution in [2.75, 3.05) is 37.5 Å². The lowest BCUT2D eigenvalue weighted by Crippen LogP contribution is -2.49. The molecule has 0 spiro atoms. The van der Waals surface area contributed by atoms with Crippen LogP contribution in [0.25, 0.3) is 0 Å². The van der Waals surface area contributed by atoms with Crippen LogP contribution in [0, 0.1) is 27.7 Å². The molecule has 26 heteroatoms. The number of fused-ring (bicyclic) bond motifs is 2. The number of benzene rings is 6. The number of rotatable bonds is 24. The van der Waals surface area contributed by atoms with Gasteiger partial charge in [0.2, 0.25) is 49.0 Å². The van der Waals surface area contributed by atoms with Crippen LogP contribution in [0.3, 0.4) is 0 Å². The molecule has 24 nitrogen and oxygen atoms in total. The molecule has 0 saturated carbocycles. The van der Waals surface area contributed by atoms with Gasteiger partial charge >= 0.3 is 0 Å². The Labute approximate surface area is 558 Å². The molecule has 504 valence electrons. The van der Waals surface area contributed by atoms with Crippen LogP contribution in [-0.4, -0.2) is 112 Å². The predicted molar refractivity (Wildman–Crippen MR) is 359 cm³/mol. The number of anilines is 2. The van der Waals surface area contributed by atoms with Gasteiger partial charge in [0, 0.05) is 73.0 Å². The van der Waals surface area contributed by atoms with Crippen molar-refractivity contribution < 1.29 is 64.6 Å². The first-order valence-electron chi connectivity index (χ1n) is 31.0. The summed E-state index contributed by atoms with van der Waals surface area (Å²) in [6, 6.07) is 39.7. The molecular weight excluding hydrogens is 1270 g/mol. The minimum Gasteiger partial charge on any atom is -0.454 e. The Morgan fingerprint density at radius 1 is 0.490 bits per heavy atom. The van der Waals surface area contributed by atoms with E-state index in [-0.39, 0.29) is 85.8 Å². The molecule has 2 atom stereocenters. The van der Waals surface area contributed by atoms with Crippen LogP contribution in [0.2, 0.25) is 0 Å². The summed E-state index contributed by atoms with van der Waals surface area (Å²) >= 11 is 0. The summed E-state index contributed by atoms with van der Waals surface area (Å²) in [5.74, 6) is -1.05. The fourth-order valence-corrected chi connectivity index (χ4v) is 13.0. The predicted octanol–water partition coefficient (Wildman–Crippen LogP) is 7.58. The van der Waals surface area contributed by atoms with Crippen molar-refractivity contribution >= 4 is 66.9 Å². The summed E-state index contributed by atoms with van der Waals surface area (Å²) in [4.78, 5) is 83.7. The molecule has 0 unspecified atom stereocenters. The lowest BCUT2D eigenvalue weighted by molar-refractivity contribution is -0.128. The zero-order chi connectivity index (χ0) is 69.2. The maximum Gasteiger partial charge on any atom is 0.264 e. The maximum absolute atomic E-state index is 13.8. The lowest BCUT2D eigenvalue weighted by atomic mass is 10.0. The second-order valence-corrected chi connectivity index (χ2v) is 27.4. The number of aryl methyl sites for hydroxylation is 3.